The number of hydrogen-bond acceptors (Lipinski definition) is 3. The minimum Gasteiger partial charge on any atom is -0.394 e. The molecule has 1 aliphatic rings. The van der Waals surface area contributed by atoms with Crippen LogP contribution in [0.15, 0.2) is 0 Å². The molecule has 2 N–H and O–H groups in total. The lowest BCUT2D eigenvalue weighted by Crippen LogP contribution is -2.36. The Morgan fingerprint density at radius 3 is 2.85 bits per heavy atom. The average Bonchev–Trinajstić information content (AvgIpc) is 2.27. The molecule has 1 heterocycles. The van der Waals surface area contributed by atoms with E-state index in [0.29, 0.717) is 6.42 Å². The molecule has 4 nitrogen and oxygen atoms in total. The zero-order chi connectivity index (χ0) is 10.1. The first-order valence-corrected chi connectivity index (χ1v) is 6.30. The zero-order valence-electron chi connectivity index (χ0n) is 7.51. The highest BCUT2D eigenvalue weighted by atomic mass is 31.2. The van der Waals surface area contributed by atoms with Crippen molar-refractivity contribution in [3.05, 3.63) is 0 Å². The van der Waals surface area contributed by atoms with Gasteiger partial charge in [0.1, 0.15) is 7.85 Å². The molecule has 2 unspecified atom stereocenters. The maximum absolute atomic E-state index is 11.2. The molecule has 4 radical (unpaired) electrons. The second kappa shape index (κ2) is 4.18. The summed E-state index contributed by atoms with van der Waals surface area (Å²) in [7, 11) is 8.06. The van der Waals surface area contributed by atoms with Crippen molar-refractivity contribution in [2.24, 2.45) is 0 Å². The van der Waals surface area contributed by atoms with Gasteiger partial charge in [0.2, 0.25) is 0 Å². The Bertz CT molecular complexity index is 222. The summed E-state index contributed by atoms with van der Waals surface area (Å²) in [5, 5.41) is 11.6. The van der Waals surface area contributed by atoms with Gasteiger partial charge in [-0.25, -0.2) is 0 Å². The van der Waals surface area contributed by atoms with Crippen LogP contribution in [0.4, 0.5) is 0 Å². The molecule has 0 saturated carbocycles. The summed E-state index contributed by atoms with van der Waals surface area (Å²) in [6.45, 7) is 1.27. The summed E-state index contributed by atoms with van der Waals surface area (Å²) in [6.07, 6.45) is 0.104. The van der Waals surface area contributed by atoms with E-state index in [4.69, 9.17) is 25.3 Å². The maximum Gasteiger partial charge on any atom is 0.184 e. The summed E-state index contributed by atoms with van der Waals surface area (Å²) >= 11 is 0. The first-order valence-electron chi connectivity index (χ1n) is 4.08. The highest BCUT2D eigenvalue weighted by Gasteiger charge is 2.33. The van der Waals surface area contributed by atoms with Crippen LogP contribution in [-0.4, -0.2) is 51.9 Å². The van der Waals surface area contributed by atoms with Gasteiger partial charge in [-0.1, -0.05) is 0 Å². The summed E-state index contributed by atoms with van der Waals surface area (Å²) < 4.78 is 16.4. The fourth-order valence-electron chi connectivity index (χ4n) is 1.41. The predicted octanol–water partition coefficient (Wildman–Crippen LogP) is -0.788. The zero-order valence-corrected chi connectivity index (χ0v) is 8.41. The fourth-order valence-corrected chi connectivity index (χ4v) is 2.34. The highest BCUT2D eigenvalue weighted by Crippen LogP contribution is 2.33. The molecule has 1 saturated heterocycles. The van der Waals surface area contributed by atoms with Crippen LogP contribution in [0.25, 0.3) is 0 Å². The Labute approximate surface area is 80.6 Å². The monoisotopic (exact) mass is 199 g/mol. The van der Waals surface area contributed by atoms with Gasteiger partial charge in [-0.15, -0.1) is 0 Å². The van der Waals surface area contributed by atoms with Crippen molar-refractivity contribution >= 4 is 22.6 Å². The van der Waals surface area contributed by atoms with Gasteiger partial charge in [0.05, 0.1) is 19.9 Å². The topological polar surface area (TPSA) is 58.6 Å². The van der Waals surface area contributed by atoms with E-state index in [1.54, 1.807) is 0 Å². The third-order valence-corrected chi connectivity index (χ3v) is 2.73. The Kier molecular flexibility index (Phi) is 3.64. The smallest absolute Gasteiger partial charge is 0.184 e. The lowest BCUT2D eigenvalue weighted by atomic mass is 9.95. The van der Waals surface area contributed by atoms with Crippen LogP contribution in [0.3, 0.4) is 0 Å². The molecule has 7 heteroatoms. The number of ether oxygens (including phenoxy) is 1. The number of aliphatic hydroxyl groups excluding tert-OH is 1. The maximum atomic E-state index is 11.2. The Balaban J connectivity index is 2.54. The van der Waals surface area contributed by atoms with Crippen molar-refractivity contribution in [3.63, 3.8) is 0 Å². The second-order valence-corrected chi connectivity index (χ2v) is 5.60. The summed E-state index contributed by atoms with van der Waals surface area (Å²) in [4.78, 5) is 0. The van der Waals surface area contributed by atoms with Gasteiger partial charge in [-0.2, -0.15) is 0 Å². The van der Waals surface area contributed by atoms with Crippen LogP contribution in [0.5, 0.6) is 0 Å². The minimum atomic E-state index is -2.79. The van der Waals surface area contributed by atoms with Gasteiger partial charge in [0.15, 0.2) is 7.57 Å². The molecule has 0 aromatic heterocycles. The van der Waals surface area contributed by atoms with Crippen molar-refractivity contribution in [2.45, 2.75) is 24.6 Å². The van der Waals surface area contributed by atoms with Crippen molar-refractivity contribution < 1.29 is 14.4 Å². The molecular formula is C6H12B2NO3P. The molecule has 0 amide bonds. The highest BCUT2D eigenvalue weighted by molar-refractivity contribution is 7.85. The fraction of sp³-hybridized carbons (Fsp3) is 1.00. The molecule has 1 rings (SSSR count). The summed E-state index contributed by atoms with van der Waals surface area (Å²) in [5.41, 5.74) is 0. The molecule has 0 spiro atoms. The molecule has 1 fully saturated rings. The van der Waals surface area contributed by atoms with Crippen LogP contribution in [0, 0.1) is 0 Å². The second-order valence-electron chi connectivity index (χ2n) is 3.36. The van der Waals surface area contributed by atoms with Crippen molar-refractivity contribution in [2.75, 3.05) is 13.3 Å². The van der Waals surface area contributed by atoms with Crippen LogP contribution in [-0.2, 0) is 9.30 Å². The van der Waals surface area contributed by atoms with Gasteiger partial charge in [0, 0.05) is 12.0 Å². The standard InChI is InChI=1S/C6H12B2NO3P/c1-13(8,11)9-4-2-6(7)12-5(4)3-10/h4-6,10H,2-3H2,1H3,(H,9,11)/t4-,5?,6-,13?/m1/s1. The third kappa shape index (κ3) is 3.47. The van der Waals surface area contributed by atoms with Crippen molar-refractivity contribution in [3.8, 4) is 0 Å². The lowest BCUT2D eigenvalue weighted by Gasteiger charge is -2.20. The average molecular weight is 199 g/mol. The van der Waals surface area contributed by atoms with E-state index >= 15 is 0 Å². The molecule has 70 valence electrons. The van der Waals surface area contributed by atoms with E-state index in [0.717, 1.165) is 0 Å². The number of nitrogens with one attached hydrogen (secondary N) is 1. The van der Waals surface area contributed by atoms with Crippen LogP contribution < -0.4 is 5.09 Å². The molecule has 0 aromatic rings. The van der Waals surface area contributed by atoms with Crippen LogP contribution in [0.1, 0.15) is 6.42 Å². The first kappa shape index (κ1) is 11.3. The molecule has 4 atom stereocenters. The Hall–Kier alpha value is 0.240. The van der Waals surface area contributed by atoms with E-state index in [1.807, 2.05) is 0 Å². The number of aliphatic hydroxyl groups is 1. The van der Waals surface area contributed by atoms with Gasteiger partial charge in [0.25, 0.3) is 0 Å². The normalized spacial score (nSPS) is 38.8. The molecule has 0 aliphatic carbocycles. The number of hydrogen-bond donors (Lipinski definition) is 2. The SMILES string of the molecule is [B][C@H]1C[C@@H](NP([B])(C)=O)C(CO)O1. The van der Waals surface area contributed by atoms with E-state index in [-0.39, 0.29) is 12.6 Å². The number of rotatable bonds is 3. The third-order valence-electron chi connectivity index (χ3n) is 1.89. The van der Waals surface area contributed by atoms with Gasteiger partial charge >= 0.3 is 0 Å². The first-order chi connectivity index (χ1) is 5.92. The van der Waals surface area contributed by atoms with Crippen molar-refractivity contribution in [1.82, 2.24) is 5.09 Å². The molecule has 0 bridgehead atoms. The van der Waals surface area contributed by atoms with E-state index < -0.39 is 19.3 Å². The Morgan fingerprint density at radius 2 is 2.38 bits per heavy atom. The molecule has 1 aliphatic heterocycles. The van der Waals surface area contributed by atoms with E-state index in [9.17, 15) is 4.57 Å². The van der Waals surface area contributed by atoms with E-state index in [2.05, 4.69) is 5.09 Å². The van der Waals surface area contributed by atoms with Gasteiger partial charge in [-0.3, -0.25) is 5.09 Å². The van der Waals surface area contributed by atoms with Crippen molar-refractivity contribution in [1.29, 1.82) is 0 Å². The molecule has 0 aromatic carbocycles. The minimum absolute atomic E-state index is 0.147. The van der Waals surface area contributed by atoms with Crippen LogP contribution in [0.2, 0.25) is 0 Å². The Morgan fingerprint density at radius 1 is 1.77 bits per heavy atom. The van der Waals surface area contributed by atoms with E-state index in [1.165, 1.54) is 6.66 Å². The van der Waals surface area contributed by atoms with Gasteiger partial charge < -0.3 is 14.4 Å². The predicted molar refractivity (Wildman–Crippen MR) is 52.3 cm³/mol. The van der Waals surface area contributed by atoms with Gasteiger partial charge in [-0.05, 0) is 13.1 Å². The molecular weight excluding hydrogens is 187 g/mol. The molecule has 13 heavy (non-hydrogen) atoms. The largest absolute Gasteiger partial charge is 0.394 e. The van der Waals surface area contributed by atoms with Crippen LogP contribution >= 0.6 is 7.17 Å². The summed E-state index contributed by atoms with van der Waals surface area (Å²) in [6, 6.07) is -0.637. The lowest BCUT2D eigenvalue weighted by molar-refractivity contribution is 0.0360. The quantitative estimate of drug-likeness (QED) is 0.461. The summed E-state index contributed by atoms with van der Waals surface area (Å²) in [5.74, 6) is 0.